The Morgan fingerprint density at radius 2 is 1.80 bits per heavy atom. The van der Waals surface area contributed by atoms with E-state index >= 15 is 0 Å². The zero-order valence-electron chi connectivity index (χ0n) is 14.8. The Morgan fingerprint density at radius 3 is 2.52 bits per heavy atom. The van der Waals surface area contributed by atoms with Crippen LogP contribution in [0.4, 0.5) is 4.79 Å². The van der Waals surface area contributed by atoms with Gasteiger partial charge in [0.1, 0.15) is 6.61 Å². The van der Waals surface area contributed by atoms with Crippen LogP contribution in [0, 0.1) is 0 Å². The molecule has 0 saturated heterocycles. The van der Waals surface area contributed by atoms with Gasteiger partial charge in [-0.05, 0) is 31.2 Å². The minimum atomic E-state index is -0.771. The number of nitrogens with one attached hydrogen (secondary N) is 3. The van der Waals surface area contributed by atoms with E-state index < -0.39 is 12.1 Å². The quantitative estimate of drug-likeness (QED) is 0.562. The van der Waals surface area contributed by atoms with Crippen molar-refractivity contribution in [3.05, 3.63) is 35.9 Å². The lowest BCUT2D eigenvalue weighted by Crippen LogP contribution is -2.36. The molecule has 1 unspecified atom stereocenters. The number of methoxy groups -OCH3 is 1. The van der Waals surface area contributed by atoms with Crippen LogP contribution in [0.1, 0.15) is 31.2 Å². The summed E-state index contributed by atoms with van der Waals surface area (Å²) in [6.45, 7) is 1.83. The van der Waals surface area contributed by atoms with E-state index in [-0.39, 0.29) is 12.5 Å². The van der Waals surface area contributed by atoms with E-state index in [4.69, 9.17) is 15.2 Å². The monoisotopic (exact) mass is 350 g/mol. The second-order valence-electron chi connectivity index (χ2n) is 5.67. The molecule has 0 fully saturated rings. The minimum absolute atomic E-state index is 0.241. The zero-order chi connectivity index (χ0) is 18.3. The number of hydrogen-bond donors (Lipinski definition) is 2. The van der Waals surface area contributed by atoms with Crippen molar-refractivity contribution in [2.24, 2.45) is 0 Å². The van der Waals surface area contributed by atoms with Crippen molar-refractivity contribution in [1.29, 1.82) is 0 Å². The van der Waals surface area contributed by atoms with Crippen LogP contribution in [0.15, 0.2) is 30.3 Å². The number of carbonyl (C=O) groups excluding carboxylic acids is 2. The van der Waals surface area contributed by atoms with E-state index in [0.717, 1.165) is 12.0 Å². The summed E-state index contributed by atoms with van der Waals surface area (Å²) in [6, 6.07) is 8.70. The molecule has 1 atom stereocenters. The molecule has 1 aromatic carbocycles. The van der Waals surface area contributed by atoms with Crippen LogP contribution in [0.2, 0.25) is 0 Å². The van der Waals surface area contributed by atoms with Gasteiger partial charge in [-0.1, -0.05) is 30.3 Å². The fourth-order valence-electron chi connectivity index (χ4n) is 2.12. The Kier molecular flexibility index (Phi) is 11.0. The maximum Gasteiger partial charge on any atom is 0.407 e. The van der Waals surface area contributed by atoms with Gasteiger partial charge in [-0.2, -0.15) is 0 Å². The van der Waals surface area contributed by atoms with Crippen molar-refractivity contribution in [3.8, 4) is 0 Å². The van der Waals surface area contributed by atoms with Gasteiger partial charge in [0.2, 0.25) is 5.91 Å². The average Bonchev–Trinajstić information content (AvgIpc) is 2.63. The molecule has 7 heteroatoms. The average molecular weight is 350 g/mol. The molecule has 0 spiro atoms. The smallest absolute Gasteiger partial charge is 0.407 e. The van der Waals surface area contributed by atoms with Crippen LogP contribution in [-0.4, -0.2) is 44.8 Å². The third-order valence-corrected chi connectivity index (χ3v) is 3.54. The summed E-state index contributed by atoms with van der Waals surface area (Å²) < 4.78 is 9.99. The lowest BCUT2D eigenvalue weighted by atomic mass is 10.1. The largest absolute Gasteiger partial charge is 0.445 e. The lowest BCUT2D eigenvalue weighted by molar-refractivity contribution is -0.122. The number of ether oxygens (including phenoxy) is 2. The number of benzene rings is 1. The van der Waals surface area contributed by atoms with Gasteiger partial charge in [0, 0.05) is 26.8 Å². The summed E-state index contributed by atoms with van der Waals surface area (Å²) in [7, 11) is 1.61. The van der Waals surface area contributed by atoms with Crippen molar-refractivity contribution in [2.75, 3.05) is 26.8 Å². The van der Waals surface area contributed by atoms with Crippen LogP contribution in [0.5, 0.6) is 0 Å². The first-order chi connectivity index (χ1) is 12.1. The van der Waals surface area contributed by atoms with Crippen LogP contribution in [0.3, 0.4) is 0 Å². The molecule has 0 heterocycles. The highest BCUT2D eigenvalue weighted by Gasteiger charge is 2.13. The molecule has 1 aromatic rings. The molecular formula is C18H28N3O4. The molecule has 139 valence electrons. The first-order valence-corrected chi connectivity index (χ1v) is 8.55. The predicted molar refractivity (Wildman–Crippen MR) is 94.9 cm³/mol. The van der Waals surface area contributed by atoms with Crippen molar-refractivity contribution in [3.63, 3.8) is 0 Å². The van der Waals surface area contributed by atoms with Crippen molar-refractivity contribution in [1.82, 2.24) is 16.4 Å². The second kappa shape index (κ2) is 13.2. The van der Waals surface area contributed by atoms with Gasteiger partial charge in [-0.3, -0.25) is 4.79 Å². The summed E-state index contributed by atoms with van der Waals surface area (Å²) in [5.74, 6) is -0.258. The van der Waals surface area contributed by atoms with Crippen molar-refractivity contribution < 1.29 is 19.1 Å². The summed E-state index contributed by atoms with van der Waals surface area (Å²) >= 11 is 0. The summed E-state index contributed by atoms with van der Waals surface area (Å²) in [4.78, 5) is 23.2. The highest BCUT2D eigenvalue weighted by molar-refractivity contribution is 5.81. The first kappa shape index (κ1) is 20.9. The Hall–Kier alpha value is -2.12. The van der Waals surface area contributed by atoms with E-state index in [1.54, 1.807) is 7.11 Å². The van der Waals surface area contributed by atoms with Gasteiger partial charge in [-0.25, -0.2) is 10.5 Å². The van der Waals surface area contributed by atoms with E-state index in [1.165, 1.54) is 0 Å². The zero-order valence-corrected chi connectivity index (χ0v) is 14.8. The molecule has 0 aliphatic heterocycles. The molecule has 3 N–H and O–H groups in total. The summed E-state index contributed by atoms with van der Waals surface area (Å²) in [5.41, 5.74) is 8.72. The minimum Gasteiger partial charge on any atom is -0.445 e. The second-order valence-corrected chi connectivity index (χ2v) is 5.67. The van der Waals surface area contributed by atoms with Gasteiger partial charge >= 0.3 is 6.09 Å². The van der Waals surface area contributed by atoms with Gasteiger partial charge in [-0.15, -0.1) is 0 Å². The van der Waals surface area contributed by atoms with Crippen LogP contribution in [0.25, 0.3) is 0 Å². The van der Waals surface area contributed by atoms with Gasteiger partial charge in [0.15, 0.2) is 0 Å². The Labute approximate surface area is 149 Å². The number of unbranched alkanes of at least 4 members (excludes halogenated alkanes) is 1. The molecule has 2 amide bonds. The molecule has 0 aromatic heterocycles. The highest BCUT2D eigenvalue weighted by atomic mass is 16.5. The molecule has 25 heavy (non-hydrogen) atoms. The Bertz CT molecular complexity index is 496. The van der Waals surface area contributed by atoms with Gasteiger partial charge < -0.3 is 20.1 Å². The Morgan fingerprint density at radius 1 is 1.08 bits per heavy atom. The molecule has 1 rings (SSSR count). The topological polar surface area (TPSA) is 100 Å². The van der Waals surface area contributed by atoms with E-state index in [0.29, 0.717) is 39.0 Å². The molecule has 0 aliphatic carbocycles. The predicted octanol–water partition coefficient (Wildman–Crippen LogP) is 1.89. The maximum absolute atomic E-state index is 11.7. The molecule has 7 nitrogen and oxygen atoms in total. The fourth-order valence-corrected chi connectivity index (χ4v) is 2.12. The molecule has 0 aliphatic rings. The number of rotatable bonds is 12. The Balaban J connectivity index is 2.01. The molecule has 0 bridgehead atoms. The van der Waals surface area contributed by atoms with E-state index in [2.05, 4.69) is 10.6 Å². The molecule has 0 saturated carbocycles. The third kappa shape index (κ3) is 10.4. The van der Waals surface area contributed by atoms with Crippen LogP contribution < -0.4 is 16.4 Å². The lowest BCUT2D eigenvalue weighted by Gasteiger charge is -2.11. The highest BCUT2D eigenvalue weighted by Crippen LogP contribution is 2.02. The maximum atomic E-state index is 11.7. The normalized spacial score (nSPS) is 11.6. The SMILES string of the molecule is COCCCNC(=O)C([NH])CCCCNC(=O)OCc1ccccc1. The van der Waals surface area contributed by atoms with Crippen molar-refractivity contribution in [2.45, 2.75) is 38.3 Å². The number of alkyl carbamates (subject to hydrolysis) is 1. The van der Waals surface area contributed by atoms with E-state index in [1.807, 2.05) is 30.3 Å². The fraction of sp³-hybridized carbons (Fsp3) is 0.556. The van der Waals surface area contributed by atoms with E-state index in [9.17, 15) is 9.59 Å². The number of carbonyl (C=O) groups is 2. The molecule has 1 radical (unpaired) electrons. The summed E-state index contributed by atoms with van der Waals surface area (Å²) in [6.07, 6.45) is 2.15. The molecular weight excluding hydrogens is 322 g/mol. The van der Waals surface area contributed by atoms with Crippen LogP contribution >= 0.6 is 0 Å². The third-order valence-electron chi connectivity index (χ3n) is 3.54. The van der Waals surface area contributed by atoms with Crippen LogP contribution in [-0.2, 0) is 20.9 Å². The number of amides is 2. The first-order valence-electron chi connectivity index (χ1n) is 8.55. The van der Waals surface area contributed by atoms with Crippen molar-refractivity contribution >= 4 is 12.0 Å². The summed E-state index contributed by atoms with van der Waals surface area (Å²) in [5, 5.41) is 5.38. The number of hydrogen-bond acceptors (Lipinski definition) is 4. The van der Waals surface area contributed by atoms with Gasteiger partial charge in [0.25, 0.3) is 0 Å². The standard InChI is InChI=1S/C18H28N3O4/c1-24-13-7-12-20-17(22)16(19)10-5-6-11-21-18(23)25-14-15-8-3-2-4-9-15/h2-4,8-9,16,19H,5-7,10-14H2,1H3,(H,20,22)(H,21,23). The van der Waals surface area contributed by atoms with Gasteiger partial charge in [0.05, 0.1) is 6.04 Å².